The summed E-state index contributed by atoms with van der Waals surface area (Å²) in [6, 6.07) is 11.7. The lowest BCUT2D eigenvalue weighted by molar-refractivity contribution is 0.0162. The normalized spacial score (nSPS) is 16.9. The van der Waals surface area contributed by atoms with Crippen molar-refractivity contribution in [3.63, 3.8) is 0 Å². The molecule has 1 N–H and O–H groups in total. The maximum absolute atomic E-state index is 12.2. The SMILES string of the molecule is O=C(NC[C@@H](c1ccc(Cl)cc1)N1CCOCC1)c1cccs1. The second-order valence-corrected chi connectivity index (χ2v) is 6.79. The molecule has 23 heavy (non-hydrogen) atoms. The summed E-state index contributed by atoms with van der Waals surface area (Å²) in [4.78, 5) is 15.3. The molecule has 1 aliphatic rings. The second kappa shape index (κ2) is 7.93. The molecule has 0 radical (unpaired) electrons. The van der Waals surface area contributed by atoms with Crippen LogP contribution in [0.4, 0.5) is 0 Å². The number of rotatable bonds is 5. The van der Waals surface area contributed by atoms with Gasteiger partial charge in [-0.15, -0.1) is 11.3 Å². The van der Waals surface area contributed by atoms with Gasteiger partial charge in [0, 0.05) is 24.7 Å². The summed E-state index contributed by atoms with van der Waals surface area (Å²) in [5.74, 6) is -0.0211. The topological polar surface area (TPSA) is 41.6 Å². The van der Waals surface area contributed by atoms with Gasteiger partial charge < -0.3 is 10.1 Å². The zero-order chi connectivity index (χ0) is 16.1. The molecule has 0 aliphatic carbocycles. The van der Waals surface area contributed by atoms with E-state index in [0.29, 0.717) is 6.54 Å². The molecule has 1 amide bonds. The first kappa shape index (κ1) is 16.5. The van der Waals surface area contributed by atoms with Crippen molar-refractivity contribution < 1.29 is 9.53 Å². The standard InChI is InChI=1S/C17H19ClN2O2S/c18-14-5-3-13(4-6-14)15(20-7-9-22-10-8-20)12-19-17(21)16-2-1-11-23-16/h1-6,11,15H,7-10,12H2,(H,19,21)/t15-/m0/s1. The van der Waals surface area contributed by atoms with Crippen LogP contribution >= 0.6 is 22.9 Å². The first-order chi connectivity index (χ1) is 11.2. The summed E-state index contributed by atoms with van der Waals surface area (Å²) in [6.45, 7) is 3.74. The van der Waals surface area contributed by atoms with Crippen LogP contribution < -0.4 is 5.32 Å². The summed E-state index contributed by atoms with van der Waals surface area (Å²) in [5, 5.41) is 5.68. The molecule has 4 nitrogen and oxygen atoms in total. The largest absolute Gasteiger partial charge is 0.379 e. The highest BCUT2D eigenvalue weighted by molar-refractivity contribution is 7.12. The highest BCUT2D eigenvalue weighted by Gasteiger charge is 2.23. The van der Waals surface area contributed by atoms with Crippen molar-refractivity contribution in [2.45, 2.75) is 6.04 Å². The van der Waals surface area contributed by atoms with Crippen LogP contribution in [0.25, 0.3) is 0 Å². The zero-order valence-corrected chi connectivity index (χ0v) is 14.3. The summed E-state index contributed by atoms with van der Waals surface area (Å²) in [6.07, 6.45) is 0. The first-order valence-corrected chi connectivity index (χ1v) is 8.89. The van der Waals surface area contributed by atoms with E-state index in [2.05, 4.69) is 10.2 Å². The molecule has 1 aromatic heterocycles. The lowest BCUT2D eigenvalue weighted by Crippen LogP contribution is -2.43. The average molecular weight is 351 g/mol. The highest BCUT2D eigenvalue weighted by atomic mass is 35.5. The van der Waals surface area contributed by atoms with Crippen molar-refractivity contribution in [3.05, 3.63) is 57.2 Å². The predicted molar refractivity (Wildman–Crippen MR) is 93.2 cm³/mol. The minimum atomic E-state index is -0.0211. The average Bonchev–Trinajstić information content (AvgIpc) is 3.12. The number of halogens is 1. The zero-order valence-electron chi connectivity index (χ0n) is 12.7. The maximum atomic E-state index is 12.2. The van der Waals surface area contributed by atoms with Crippen LogP contribution in [0.3, 0.4) is 0 Å². The number of hydrogen-bond donors (Lipinski definition) is 1. The molecule has 0 saturated carbocycles. The molecular formula is C17H19ClN2O2S. The Balaban J connectivity index is 1.72. The smallest absolute Gasteiger partial charge is 0.261 e. The fourth-order valence-corrected chi connectivity index (χ4v) is 3.48. The van der Waals surface area contributed by atoms with Gasteiger partial charge in [0.15, 0.2) is 0 Å². The Morgan fingerprint density at radius 3 is 2.65 bits per heavy atom. The Kier molecular flexibility index (Phi) is 5.67. The molecule has 1 aromatic carbocycles. The molecule has 2 aromatic rings. The lowest BCUT2D eigenvalue weighted by Gasteiger charge is -2.35. The van der Waals surface area contributed by atoms with E-state index >= 15 is 0 Å². The molecule has 1 atom stereocenters. The van der Waals surface area contributed by atoms with E-state index in [9.17, 15) is 4.79 Å². The van der Waals surface area contributed by atoms with Gasteiger partial charge in [-0.2, -0.15) is 0 Å². The Morgan fingerprint density at radius 1 is 1.26 bits per heavy atom. The van der Waals surface area contributed by atoms with Gasteiger partial charge in [0.1, 0.15) is 0 Å². The minimum absolute atomic E-state index is 0.0211. The van der Waals surface area contributed by atoms with Crippen LogP contribution in [0.2, 0.25) is 5.02 Å². The number of hydrogen-bond acceptors (Lipinski definition) is 4. The molecule has 1 fully saturated rings. The monoisotopic (exact) mass is 350 g/mol. The van der Waals surface area contributed by atoms with Gasteiger partial charge in [-0.25, -0.2) is 0 Å². The van der Waals surface area contributed by atoms with Crippen molar-refractivity contribution in [2.75, 3.05) is 32.8 Å². The van der Waals surface area contributed by atoms with E-state index in [1.54, 1.807) is 0 Å². The number of morpholine rings is 1. The third-order valence-corrected chi connectivity index (χ3v) is 5.06. The molecule has 1 saturated heterocycles. The van der Waals surface area contributed by atoms with Crippen molar-refractivity contribution >= 4 is 28.8 Å². The Labute approximate surface area is 145 Å². The summed E-state index contributed by atoms with van der Waals surface area (Å²) < 4.78 is 5.44. The first-order valence-electron chi connectivity index (χ1n) is 7.63. The van der Waals surface area contributed by atoms with E-state index < -0.39 is 0 Å². The Hall–Kier alpha value is -1.40. The summed E-state index contributed by atoms with van der Waals surface area (Å²) in [5.41, 5.74) is 1.16. The Morgan fingerprint density at radius 2 is 2.00 bits per heavy atom. The number of carbonyl (C=O) groups excluding carboxylic acids is 1. The molecule has 0 unspecified atom stereocenters. The number of ether oxygens (including phenoxy) is 1. The number of nitrogens with zero attached hydrogens (tertiary/aromatic N) is 1. The van der Waals surface area contributed by atoms with E-state index in [0.717, 1.165) is 41.8 Å². The fourth-order valence-electron chi connectivity index (χ4n) is 2.72. The van der Waals surface area contributed by atoms with Crippen LogP contribution in [-0.2, 0) is 4.74 Å². The van der Waals surface area contributed by atoms with Crippen LogP contribution in [0.15, 0.2) is 41.8 Å². The van der Waals surface area contributed by atoms with Crippen molar-refractivity contribution in [1.29, 1.82) is 0 Å². The number of carbonyl (C=O) groups is 1. The molecule has 0 bridgehead atoms. The molecular weight excluding hydrogens is 332 g/mol. The van der Waals surface area contributed by atoms with Crippen molar-refractivity contribution in [2.24, 2.45) is 0 Å². The van der Waals surface area contributed by atoms with Gasteiger partial charge in [0.2, 0.25) is 0 Å². The fraction of sp³-hybridized carbons (Fsp3) is 0.353. The number of benzene rings is 1. The van der Waals surface area contributed by atoms with Gasteiger partial charge >= 0.3 is 0 Å². The molecule has 0 spiro atoms. The van der Waals surface area contributed by atoms with E-state index in [1.165, 1.54) is 11.3 Å². The molecule has 122 valence electrons. The quantitative estimate of drug-likeness (QED) is 0.900. The van der Waals surface area contributed by atoms with Gasteiger partial charge in [0.05, 0.1) is 24.1 Å². The van der Waals surface area contributed by atoms with Gasteiger partial charge in [-0.05, 0) is 29.1 Å². The van der Waals surface area contributed by atoms with E-state index in [4.69, 9.17) is 16.3 Å². The number of nitrogens with one attached hydrogen (secondary N) is 1. The van der Waals surface area contributed by atoms with Crippen LogP contribution in [0.5, 0.6) is 0 Å². The summed E-state index contributed by atoms with van der Waals surface area (Å²) >= 11 is 7.45. The van der Waals surface area contributed by atoms with Crippen LogP contribution in [-0.4, -0.2) is 43.7 Å². The third-order valence-electron chi connectivity index (χ3n) is 3.94. The lowest BCUT2D eigenvalue weighted by atomic mass is 10.0. The number of amides is 1. The predicted octanol–water partition coefficient (Wildman–Crippen LogP) is 3.20. The summed E-state index contributed by atoms with van der Waals surface area (Å²) in [7, 11) is 0. The third kappa shape index (κ3) is 4.32. The molecule has 1 aliphatic heterocycles. The maximum Gasteiger partial charge on any atom is 0.261 e. The van der Waals surface area contributed by atoms with Crippen molar-refractivity contribution in [3.8, 4) is 0 Å². The van der Waals surface area contributed by atoms with E-state index in [1.807, 2.05) is 41.8 Å². The second-order valence-electron chi connectivity index (χ2n) is 5.40. The van der Waals surface area contributed by atoms with E-state index in [-0.39, 0.29) is 11.9 Å². The molecule has 6 heteroatoms. The van der Waals surface area contributed by atoms with Gasteiger partial charge in [-0.3, -0.25) is 9.69 Å². The van der Waals surface area contributed by atoms with Crippen LogP contribution in [0, 0.1) is 0 Å². The minimum Gasteiger partial charge on any atom is -0.379 e. The molecule has 3 rings (SSSR count). The van der Waals surface area contributed by atoms with Crippen LogP contribution in [0.1, 0.15) is 21.3 Å². The van der Waals surface area contributed by atoms with Gasteiger partial charge in [-0.1, -0.05) is 29.8 Å². The molecule has 2 heterocycles. The van der Waals surface area contributed by atoms with Gasteiger partial charge in [0.25, 0.3) is 5.91 Å². The highest BCUT2D eigenvalue weighted by Crippen LogP contribution is 2.23. The number of thiophene rings is 1. The van der Waals surface area contributed by atoms with Crippen molar-refractivity contribution in [1.82, 2.24) is 10.2 Å². The Bertz CT molecular complexity index is 625.